The number of hydrogen-bond donors (Lipinski definition) is 1. The molecule has 3 nitrogen and oxygen atoms in total. The largest absolute Gasteiger partial charge is 0.481 e. The molecule has 0 spiro atoms. The standard InChI is InChI=1S/C13H21NO2S/c1-11(12-7-6-10-17-12)14(2)9-5-3-4-8-13(15)16/h6-7,10-11H,3-5,8-9H2,1-2H3,(H,15,16). The van der Waals surface area contributed by atoms with E-state index in [0.29, 0.717) is 12.5 Å². The summed E-state index contributed by atoms with van der Waals surface area (Å²) in [5.41, 5.74) is 0. The fraction of sp³-hybridized carbons (Fsp3) is 0.615. The van der Waals surface area contributed by atoms with Crippen molar-refractivity contribution in [2.45, 2.75) is 38.6 Å². The first-order valence-electron chi connectivity index (χ1n) is 6.06. The first-order valence-corrected chi connectivity index (χ1v) is 6.94. The minimum Gasteiger partial charge on any atom is -0.481 e. The molecular weight excluding hydrogens is 234 g/mol. The molecule has 1 atom stereocenters. The second-order valence-corrected chi connectivity index (χ2v) is 5.36. The highest BCUT2D eigenvalue weighted by atomic mass is 32.1. The van der Waals surface area contributed by atoms with Gasteiger partial charge in [0.25, 0.3) is 0 Å². The van der Waals surface area contributed by atoms with Gasteiger partial charge in [-0.25, -0.2) is 0 Å². The van der Waals surface area contributed by atoms with E-state index in [4.69, 9.17) is 5.11 Å². The Morgan fingerprint density at radius 2 is 2.24 bits per heavy atom. The Morgan fingerprint density at radius 3 is 2.82 bits per heavy atom. The van der Waals surface area contributed by atoms with E-state index in [1.807, 2.05) is 0 Å². The van der Waals surface area contributed by atoms with Crippen molar-refractivity contribution in [3.63, 3.8) is 0 Å². The van der Waals surface area contributed by atoms with Gasteiger partial charge < -0.3 is 5.11 Å². The summed E-state index contributed by atoms with van der Waals surface area (Å²) in [6, 6.07) is 4.70. The number of thiophene rings is 1. The van der Waals surface area contributed by atoms with Gasteiger partial charge in [-0.2, -0.15) is 0 Å². The van der Waals surface area contributed by atoms with Crippen LogP contribution >= 0.6 is 11.3 Å². The van der Waals surface area contributed by atoms with Crippen molar-refractivity contribution < 1.29 is 9.90 Å². The molecule has 1 N–H and O–H groups in total. The molecule has 96 valence electrons. The molecule has 0 amide bonds. The van der Waals surface area contributed by atoms with Gasteiger partial charge in [0.15, 0.2) is 0 Å². The molecule has 1 heterocycles. The molecule has 0 saturated heterocycles. The summed E-state index contributed by atoms with van der Waals surface area (Å²) in [7, 11) is 2.13. The van der Waals surface area contributed by atoms with Crippen molar-refractivity contribution in [2.75, 3.05) is 13.6 Å². The van der Waals surface area contributed by atoms with E-state index >= 15 is 0 Å². The predicted octanol–water partition coefficient (Wildman–Crippen LogP) is 3.39. The molecule has 1 rings (SSSR count). The van der Waals surface area contributed by atoms with E-state index in [-0.39, 0.29) is 0 Å². The van der Waals surface area contributed by atoms with Crippen molar-refractivity contribution in [3.05, 3.63) is 22.4 Å². The molecule has 0 bridgehead atoms. The number of rotatable bonds is 8. The van der Waals surface area contributed by atoms with Crippen LogP contribution in [0.2, 0.25) is 0 Å². The average molecular weight is 255 g/mol. The second-order valence-electron chi connectivity index (χ2n) is 4.38. The summed E-state index contributed by atoms with van der Waals surface area (Å²) in [6.45, 7) is 3.24. The van der Waals surface area contributed by atoms with Gasteiger partial charge in [-0.1, -0.05) is 12.5 Å². The zero-order valence-corrected chi connectivity index (χ0v) is 11.4. The molecule has 1 unspecified atom stereocenters. The smallest absolute Gasteiger partial charge is 0.303 e. The van der Waals surface area contributed by atoms with Crippen LogP contribution in [0.15, 0.2) is 17.5 Å². The topological polar surface area (TPSA) is 40.5 Å². The van der Waals surface area contributed by atoms with Crippen molar-refractivity contribution in [1.82, 2.24) is 4.90 Å². The van der Waals surface area contributed by atoms with E-state index in [1.165, 1.54) is 4.88 Å². The van der Waals surface area contributed by atoms with Gasteiger partial charge in [-0.3, -0.25) is 9.69 Å². The molecule has 0 radical (unpaired) electrons. The Morgan fingerprint density at radius 1 is 1.47 bits per heavy atom. The van der Waals surface area contributed by atoms with Crippen LogP contribution in [0.4, 0.5) is 0 Å². The van der Waals surface area contributed by atoms with Gasteiger partial charge in [-0.15, -0.1) is 11.3 Å². The summed E-state index contributed by atoms with van der Waals surface area (Å²) < 4.78 is 0. The lowest BCUT2D eigenvalue weighted by atomic mass is 10.1. The number of carboxylic acid groups (broad SMARTS) is 1. The molecule has 0 aliphatic carbocycles. The van der Waals surface area contributed by atoms with E-state index in [2.05, 4.69) is 36.4 Å². The van der Waals surface area contributed by atoms with Gasteiger partial charge in [0.2, 0.25) is 0 Å². The quantitative estimate of drug-likeness (QED) is 0.724. The summed E-state index contributed by atoms with van der Waals surface area (Å²) in [5.74, 6) is -0.690. The van der Waals surface area contributed by atoms with E-state index in [0.717, 1.165) is 25.8 Å². The molecule has 17 heavy (non-hydrogen) atoms. The lowest BCUT2D eigenvalue weighted by Crippen LogP contribution is -2.22. The van der Waals surface area contributed by atoms with E-state index in [1.54, 1.807) is 11.3 Å². The minimum atomic E-state index is -0.690. The molecule has 0 aromatic carbocycles. The third kappa shape index (κ3) is 5.33. The SMILES string of the molecule is CC(c1cccs1)N(C)CCCCCC(=O)O. The number of aliphatic carboxylic acids is 1. The van der Waals surface area contributed by atoms with Gasteiger partial charge in [-0.05, 0) is 44.8 Å². The van der Waals surface area contributed by atoms with Crippen LogP contribution in [0, 0.1) is 0 Å². The highest BCUT2D eigenvalue weighted by Crippen LogP contribution is 2.23. The molecule has 4 heteroatoms. The fourth-order valence-electron chi connectivity index (χ4n) is 1.75. The van der Waals surface area contributed by atoms with Crippen molar-refractivity contribution in [1.29, 1.82) is 0 Å². The molecule has 0 aliphatic heterocycles. The van der Waals surface area contributed by atoms with Gasteiger partial charge in [0.1, 0.15) is 0 Å². The van der Waals surface area contributed by atoms with Crippen LogP contribution in [0.25, 0.3) is 0 Å². The van der Waals surface area contributed by atoms with Crippen LogP contribution in [-0.4, -0.2) is 29.6 Å². The number of carboxylic acids is 1. The summed E-state index contributed by atoms with van der Waals surface area (Å²) in [4.78, 5) is 14.1. The maximum atomic E-state index is 10.4. The summed E-state index contributed by atoms with van der Waals surface area (Å²) >= 11 is 1.79. The number of nitrogens with zero attached hydrogens (tertiary/aromatic N) is 1. The van der Waals surface area contributed by atoms with Crippen molar-refractivity contribution in [2.24, 2.45) is 0 Å². The first-order chi connectivity index (χ1) is 8.11. The highest BCUT2D eigenvalue weighted by Gasteiger charge is 2.11. The van der Waals surface area contributed by atoms with Crippen LogP contribution in [0.1, 0.15) is 43.5 Å². The number of hydrogen-bond acceptors (Lipinski definition) is 3. The van der Waals surface area contributed by atoms with Crippen molar-refractivity contribution >= 4 is 17.3 Å². The number of unbranched alkanes of at least 4 members (excludes halogenated alkanes) is 2. The molecular formula is C13H21NO2S. The molecule has 1 aromatic heterocycles. The van der Waals surface area contributed by atoms with E-state index < -0.39 is 5.97 Å². The molecule has 0 saturated carbocycles. The first kappa shape index (κ1) is 14.2. The Labute approximate surface area is 107 Å². The van der Waals surface area contributed by atoms with Crippen molar-refractivity contribution in [3.8, 4) is 0 Å². The Balaban J connectivity index is 2.16. The minimum absolute atomic E-state index is 0.296. The Bertz CT molecular complexity index is 324. The average Bonchev–Trinajstić information content (AvgIpc) is 2.80. The fourth-order valence-corrected chi connectivity index (χ4v) is 2.60. The molecule has 0 fully saturated rings. The van der Waals surface area contributed by atoms with Gasteiger partial charge >= 0.3 is 5.97 Å². The van der Waals surface area contributed by atoms with Crippen LogP contribution in [0.3, 0.4) is 0 Å². The molecule has 1 aromatic rings. The summed E-state index contributed by atoms with van der Waals surface area (Å²) in [5, 5.41) is 10.6. The molecule has 0 aliphatic rings. The number of carbonyl (C=O) groups is 1. The predicted molar refractivity (Wildman–Crippen MR) is 71.5 cm³/mol. The van der Waals surface area contributed by atoms with Gasteiger partial charge in [0.05, 0.1) is 0 Å². The summed E-state index contributed by atoms with van der Waals surface area (Å²) in [6.07, 6.45) is 3.15. The lowest BCUT2D eigenvalue weighted by Gasteiger charge is -2.23. The maximum Gasteiger partial charge on any atom is 0.303 e. The zero-order chi connectivity index (χ0) is 12.7. The lowest BCUT2D eigenvalue weighted by molar-refractivity contribution is -0.137. The third-order valence-corrected chi connectivity index (χ3v) is 4.06. The Hall–Kier alpha value is -0.870. The zero-order valence-electron chi connectivity index (χ0n) is 10.6. The van der Waals surface area contributed by atoms with Gasteiger partial charge in [0, 0.05) is 17.3 Å². The van der Waals surface area contributed by atoms with Crippen LogP contribution in [0.5, 0.6) is 0 Å². The Kier molecular flexibility index (Phi) is 6.22. The van der Waals surface area contributed by atoms with Crippen LogP contribution in [-0.2, 0) is 4.79 Å². The van der Waals surface area contributed by atoms with Crippen LogP contribution < -0.4 is 0 Å². The third-order valence-electron chi connectivity index (χ3n) is 3.02. The normalized spacial score (nSPS) is 12.9. The highest BCUT2D eigenvalue weighted by molar-refractivity contribution is 7.10. The maximum absolute atomic E-state index is 10.4. The van der Waals surface area contributed by atoms with E-state index in [9.17, 15) is 4.79 Å². The second kappa shape index (κ2) is 7.45. The monoisotopic (exact) mass is 255 g/mol.